The minimum absolute atomic E-state index is 0.129. The smallest absolute Gasteiger partial charge is 0.354 e. The van der Waals surface area contributed by atoms with Gasteiger partial charge in [-0.3, -0.25) is 9.13 Å². The predicted molar refractivity (Wildman–Crippen MR) is 133 cm³/mol. The molecule has 4 aromatic rings. The van der Waals surface area contributed by atoms with Crippen LogP contribution in [-0.2, 0) is 19.5 Å². The zero-order valence-corrected chi connectivity index (χ0v) is 20.1. The monoisotopic (exact) mass is 474 g/mol. The largest absolute Gasteiger partial charge is 0.477 e. The fraction of sp³-hybridized carbons (Fsp3) is 0.346. The zero-order valence-electron chi connectivity index (χ0n) is 20.1. The molecular weight excluding hydrogens is 444 g/mol. The summed E-state index contributed by atoms with van der Waals surface area (Å²) in [5.74, 6) is -1.04. The van der Waals surface area contributed by atoms with E-state index in [0.29, 0.717) is 25.2 Å². The Morgan fingerprint density at radius 3 is 2.37 bits per heavy atom. The molecule has 2 aromatic heterocycles. The van der Waals surface area contributed by atoms with Gasteiger partial charge < -0.3 is 5.11 Å². The van der Waals surface area contributed by atoms with Gasteiger partial charge in [0.1, 0.15) is 6.33 Å². The van der Waals surface area contributed by atoms with E-state index in [1.165, 1.54) is 4.57 Å². The molecule has 0 aliphatic heterocycles. The molecule has 0 aliphatic carbocycles. The molecule has 0 saturated carbocycles. The number of para-hydroxylation sites is 1. The van der Waals surface area contributed by atoms with Crippen molar-refractivity contribution in [2.45, 2.75) is 59.0 Å². The second-order valence-electron chi connectivity index (χ2n) is 8.55. The van der Waals surface area contributed by atoms with Gasteiger partial charge in [-0.25, -0.2) is 9.59 Å². The van der Waals surface area contributed by atoms with E-state index in [0.717, 1.165) is 48.1 Å². The molecule has 0 aliphatic rings. The van der Waals surface area contributed by atoms with Gasteiger partial charge in [0.25, 0.3) is 0 Å². The Hall–Kier alpha value is -4.01. The number of aromatic nitrogens is 6. The van der Waals surface area contributed by atoms with Crippen LogP contribution in [0, 0.1) is 0 Å². The van der Waals surface area contributed by atoms with Gasteiger partial charge in [0.2, 0.25) is 0 Å². The topological polar surface area (TPSA) is 108 Å². The molecule has 2 heterocycles. The van der Waals surface area contributed by atoms with E-state index in [4.69, 9.17) is 0 Å². The quantitative estimate of drug-likeness (QED) is 0.349. The molecule has 0 bridgehead atoms. The summed E-state index contributed by atoms with van der Waals surface area (Å²) in [5.41, 5.74) is 4.24. The Morgan fingerprint density at radius 1 is 0.971 bits per heavy atom. The first kappa shape index (κ1) is 24.1. The van der Waals surface area contributed by atoms with Crippen LogP contribution < -0.4 is 5.69 Å². The lowest BCUT2D eigenvalue weighted by Crippen LogP contribution is -2.26. The van der Waals surface area contributed by atoms with Crippen LogP contribution in [-0.4, -0.2) is 40.4 Å². The number of carboxylic acids is 1. The van der Waals surface area contributed by atoms with Gasteiger partial charge in [-0.1, -0.05) is 69.2 Å². The molecule has 0 spiro atoms. The van der Waals surface area contributed by atoms with Crippen LogP contribution in [0.1, 0.15) is 61.3 Å². The summed E-state index contributed by atoms with van der Waals surface area (Å²) in [7, 11) is 0. The van der Waals surface area contributed by atoms with Crippen LogP contribution >= 0.6 is 0 Å². The maximum Gasteiger partial charge on any atom is 0.354 e. The van der Waals surface area contributed by atoms with Crippen LogP contribution in [0.15, 0.2) is 59.7 Å². The standard InChI is InChI=1S/C26H30N6O3/c1-3-5-10-23-24(25(33)34)30(16-6-4-2)26(35)31(23)17-19-12-14-20(15-13-19)21-9-7-8-11-22(21)32-18-27-28-29-32/h7-9,11-15,18H,3-6,10,16-17H2,1-2H3,(H,33,34). The van der Waals surface area contributed by atoms with E-state index in [1.807, 2.05) is 55.5 Å². The molecule has 0 fully saturated rings. The van der Waals surface area contributed by atoms with Gasteiger partial charge in [0, 0.05) is 12.1 Å². The first-order valence-corrected chi connectivity index (χ1v) is 12.0. The van der Waals surface area contributed by atoms with Crippen molar-refractivity contribution in [2.75, 3.05) is 0 Å². The summed E-state index contributed by atoms with van der Waals surface area (Å²) in [6, 6.07) is 15.8. The molecule has 9 heteroatoms. The number of hydrogen-bond donors (Lipinski definition) is 1. The highest BCUT2D eigenvalue weighted by Crippen LogP contribution is 2.26. The summed E-state index contributed by atoms with van der Waals surface area (Å²) >= 11 is 0. The Bertz CT molecular complexity index is 1340. The summed E-state index contributed by atoms with van der Waals surface area (Å²) in [4.78, 5) is 25.4. The molecule has 0 atom stereocenters. The fourth-order valence-corrected chi connectivity index (χ4v) is 4.33. The average molecular weight is 475 g/mol. The molecule has 0 amide bonds. The lowest BCUT2D eigenvalue weighted by atomic mass is 10.0. The summed E-state index contributed by atoms with van der Waals surface area (Å²) < 4.78 is 4.70. The van der Waals surface area contributed by atoms with Gasteiger partial charge in [-0.2, -0.15) is 4.68 Å². The Kier molecular flexibility index (Phi) is 7.54. The number of imidazole rings is 1. The van der Waals surface area contributed by atoms with Gasteiger partial charge >= 0.3 is 11.7 Å². The van der Waals surface area contributed by atoms with Crippen LogP contribution in [0.4, 0.5) is 0 Å². The fourth-order valence-electron chi connectivity index (χ4n) is 4.33. The number of rotatable bonds is 11. The third kappa shape index (κ3) is 5.08. The number of nitrogens with zero attached hydrogens (tertiary/aromatic N) is 6. The van der Waals surface area contributed by atoms with Crippen molar-refractivity contribution >= 4 is 5.97 Å². The van der Waals surface area contributed by atoms with Crippen LogP contribution in [0.5, 0.6) is 0 Å². The Labute approximate surface area is 203 Å². The number of hydrogen-bond acceptors (Lipinski definition) is 5. The highest BCUT2D eigenvalue weighted by Gasteiger charge is 2.24. The Balaban J connectivity index is 1.69. The van der Waals surface area contributed by atoms with Gasteiger partial charge in [-0.15, -0.1) is 5.10 Å². The molecule has 182 valence electrons. The van der Waals surface area contributed by atoms with Crippen molar-refractivity contribution in [2.24, 2.45) is 0 Å². The molecule has 0 radical (unpaired) electrons. The summed E-state index contributed by atoms with van der Waals surface area (Å²) in [5, 5.41) is 21.4. The van der Waals surface area contributed by atoms with E-state index < -0.39 is 5.97 Å². The average Bonchev–Trinajstić information content (AvgIpc) is 3.49. The van der Waals surface area contributed by atoms with E-state index >= 15 is 0 Å². The number of benzene rings is 2. The van der Waals surface area contributed by atoms with E-state index in [1.54, 1.807) is 15.6 Å². The highest BCUT2D eigenvalue weighted by molar-refractivity contribution is 5.87. The number of carbonyl (C=O) groups is 1. The molecule has 1 N–H and O–H groups in total. The maximum atomic E-state index is 13.3. The normalized spacial score (nSPS) is 11.1. The lowest BCUT2D eigenvalue weighted by Gasteiger charge is -2.11. The molecule has 4 rings (SSSR count). The number of carboxylic acid groups (broad SMARTS) is 1. The molecule has 9 nitrogen and oxygen atoms in total. The molecule has 0 saturated heterocycles. The molecule has 35 heavy (non-hydrogen) atoms. The molecular formula is C26H30N6O3. The minimum Gasteiger partial charge on any atom is -0.477 e. The van der Waals surface area contributed by atoms with Crippen molar-refractivity contribution < 1.29 is 9.90 Å². The predicted octanol–water partition coefficient (Wildman–Crippen LogP) is 4.18. The van der Waals surface area contributed by atoms with Crippen molar-refractivity contribution in [3.8, 4) is 16.8 Å². The van der Waals surface area contributed by atoms with Crippen molar-refractivity contribution in [3.05, 3.63) is 82.3 Å². The van der Waals surface area contributed by atoms with E-state index in [2.05, 4.69) is 22.4 Å². The third-order valence-corrected chi connectivity index (χ3v) is 6.14. The van der Waals surface area contributed by atoms with Crippen molar-refractivity contribution in [3.63, 3.8) is 0 Å². The van der Waals surface area contributed by atoms with Crippen LogP contribution in [0.2, 0.25) is 0 Å². The Morgan fingerprint density at radius 2 is 1.71 bits per heavy atom. The van der Waals surface area contributed by atoms with Crippen molar-refractivity contribution in [1.29, 1.82) is 0 Å². The zero-order chi connectivity index (χ0) is 24.8. The second kappa shape index (κ2) is 10.9. The van der Waals surface area contributed by atoms with E-state index in [-0.39, 0.29) is 11.4 Å². The summed E-state index contributed by atoms with van der Waals surface area (Å²) in [6.07, 6.45) is 5.50. The highest BCUT2D eigenvalue weighted by atomic mass is 16.4. The third-order valence-electron chi connectivity index (χ3n) is 6.14. The first-order valence-electron chi connectivity index (χ1n) is 12.0. The maximum absolute atomic E-state index is 13.3. The van der Waals surface area contributed by atoms with Crippen LogP contribution in [0.25, 0.3) is 16.8 Å². The van der Waals surface area contributed by atoms with E-state index in [9.17, 15) is 14.7 Å². The van der Waals surface area contributed by atoms with Gasteiger partial charge in [0.15, 0.2) is 5.69 Å². The second-order valence-corrected chi connectivity index (χ2v) is 8.55. The molecule has 0 unspecified atom stereocenters. The van der Waals surface area contributed by atoms with Gasteiger partial charge in [0.05, 0.1) is 17.9 Å². The van der Waals surface area contributed by atoms with Crippen LogP contribution in [0.3, 0.4) is 0 Å². The SMILES string of the molecule is CCCCc1c(C(=O)O)n(CCCC)c(=O)n1Cc1ccc(-c2ccccc2-n2cnnn2)cc1. The lowest BCUT2D eigenvalue weighted by molar-refractivity contribution is 0.0683. The number of aromatic carboxylic acids is 1. The minimum atomic E-state index is -1.04. The summed E-state index contributed by atoms with van der Waals surface area (Å²) in [6.45, 7) is 4.82. The van der Waals surface area contributed by atoms with Crippen molar-refractivity contribution in [1.82, 2.24) is 29.3 Å². The molecule has 2 aromatic carbocycles. The first-order chi connectivity index (χ1) is 17.0. The van der Waals surface area contributed by atoms with Gasteiger partial charge in [-0.05, 0) is 46.9 Å². The number of tetrazole rings is 1. The number of unbranched alkanes of at least 4 members (excludes halogenated alkanes) is 2.